The number of anilines is 3. The lowest BCUT2D eigenvalue weighted by Crippen LogP contribution is -2.33. The van der Waals surface area contributed by atoms with Gasteiger partial charge in [-0.3, -0.25) is 4.79 Å². The van der Waals surface area contributed by atoms with E-state index in [-0.39, 0.29) is 17.6 Å². The van der Waals surface area contributed by atoms with Gasteiger partial charge in [0.25, 0.3) is 5.91 Å². The van der Waals surface area contributed by atoms with Gasteiger partial charge in [-0.2, -0.15) is 4.98 Å². The Balaban J connectivity index is 2.01. The fourth-order valence-corrected chi connectivity index (χ4v) is 3.53. The van der Waals surface area contributed by atoms with Gasteiger partial charge in [0.1, 0.15) is 35.0 Å². The molecule has 0 saturated heterocycles. The Kier molecular flexibility index (Phi) is 6.71. The zero-order chi connectivity index (χ0) is 22.7. The first-order valence-electron chi connectivity index (χ1n) is 9.31. The van der Waals surface area contributed by atoms with Gasteiger partial charge in [0.15, 0.2) is 0 Å². The van der Waals surface area contributed by atoms with E-state index in [4.69, 9.17) is 15.9 Å². The van der Waals surface area contributed by atoms with Crippen molar-refractivity contribution in [1.29, 1.82) is 5.41 Å². The van der Waals surface area contributed by atoms with Crippen LogP contribution in [-0.2, 0) is 0 Å². The second kappa shape index (κ2) is 9.27. The van der Waals surface area contributed by atoms with Crippen LogP contribution in [0.25, 0.3) is 11.0 Å². The van der Waals surface area contributed by atoms with Gasteiger partial charge in [0.05, 0.1) is 17.0 Å². The predicted molar refractivity (Wildman–Crippen MR) is 123 cm³/mol. The molecule has 0 aliphatic carbocycles. The zero-order valence-corrected chi connectivity index (χ0v) is 19.2. The van der Waals surface area contributed by atoms with Crippen LogP contribution in [0.5, 0.6) is 5.88 Å². The molecule has 3 heterocycles. The van der Waals surface area contributed by atoms with E-state index in [1.807, 2.05) is 19.0 Å². The van der Waals surface area contributed by atoms with E-state index in [9.17, 15) is 4.79 Å². The molecule has 0 radical (unpaired) electrons. The molecule has 31 heavy (non-hydrogen) atoms. The number of methoxy groups -OCH3 is 1. The second-order valence-corrected chi connectivity index (χ2v) is 7.87. The number of halogens is 1. The number of amides is 1. The Bertz CT molecular complexity index is 1130. The number of H-pyrrole nitrogens is 1. The number of nitrogen functional groups attached to an aromatic ring is 1. The minimum Gasteiger partial charge on any atom is -0.479 e. The normalized spacial score (nSPS) is 11.0. The summed E-state index contributed by atoms with van der Waals surface area (Å²) >= 11 is 3.53. The van der Waals surface area contributed by atoms with Crippen LogP contribution < -0.4 is 15.8 Å². The van der Waals surface area contributed by atoms with E-state index in [2.05, 4.69) is 41.2 Å². The molecule has 0 atom stereocenters. The number of nitrogens with one attached hydrogen (secondary N) is 3. The van der Waals surface area contributed by atoms with E-state index >= 15 is 0 Å². The van der Waals surface area contributed by atoms with Crippen molar-refractivity contribution >= 4 is 56.4 Å². The number of rotatable bonds is 8. The highest BCUT2D eigenvalue weighted by molar-refractivity contribution is 9.10. The van der Waals surface area contributed by atoms with Gasteiger partial charge >= 0.3 is 0 Å². The zero-order valence-electron chi connectivity index (χ0n) is 17.7. The molecule has 164 valence electrons. The first-order valence-corrected chi connectivity index (χ1v) is 10.1. The Morgan fingerprint density at radius 1 is 1.35 bits per heavy atom. The average Bonchev–Trinajstić information content (AvgIpc) is 3.09. The quantitative estimate of drug-likeness (QED) is 0.351. The minimum absolute atomic E-state index is 0.171. The first kappa shape index (κ1) is 22.4. The van der Waals surface area contributed by atoms with Crippen molar-refractivity contribution in [3.8, 4) is 5.88 Å². The monoisotopic (exact) mass is 489 g/mol. The van der Waals surface area contributed by atoms with E-state index in [0.29, 0.717) is 44.8 Å². The molecule has 0 aliphatic rings. The Morgan fingerprint density at radius 2 is 2.10 bits per heavy atom. The third-order valence-corrected chi connectivity index (χ3v) is 5.42. The smallest absolute Gasteiger partial charge is 0.271 e. The van der Waals surface area contributed by atoms with Gasteiger partial charge in [-0.05, 0) is 36.1 Å². The number of hydrogen-bond acceptors (Lipinski definition) is 9. The molecule has 11 nitrogen and oxygen atoms in total. The molecule has 12 heteroatoms. The van der Waals surface area contributed by atoms with Gasteiger partial charge in [-0.25, -0.2) is 9.97 Å². The molecule has 1 amide bonds. The minimum atomic E-state index is -0.171. The summed E-state index contributed by atoms with van der Waals surface area (Å²) in [7, 11) is 7.13. The summed E-state index contributed by atoms with van der Waals surface area (Å²) in [4.78, 5) is 32.4. The molecular formula is C19H24BrN9O2. The number of aromatic nitrogens is 4. The lowest BCUT2D eigenvalue weighted by molar-refractivity contribution is 0.0780. The highest BCUT2D eigenvalue weighted by atomic mass is 79.9. The van der Waals surface area contributed by atoms with Crippen LogP contribution in [0.2, 0.25) is 0 Å². The summed E-state index contributed by atoms with van der Waals surface area (Å²) in [6, 6.07) is 1.64. The highest BCUT2D eigenvalue weighted by Gasteiger charge is 2.23. The van der Waals surface area contributed by atoms with Gasteiger partial charge in [-0.15, -0.1) is 0 Å². The average molecular weight is 490 g/mol. The number of ether oxygens (including phenoxy) is 1. The molecule has 0 saturated carbocycles. The lowest BCUT2D eigenvalue weighted by atomic mass is 10.2. The van der Waals surface area contributed by atoms with Crippen LogP contribution >= 0.6 is 15.9 Å². The fourth-order valence-electron chi connectivity index (χ4n) is 2.88. The number of aromatic amines is 1. The molecule has 3 rings (SSSR count). The second-order valence-electron chi connectivity index (χ2n) is 7.08. The maximum Gasteiger partial charge on any atom is 0.271 e. The number of hydrogen-bond donors (Lipinski definition) is 4. The first-order chi connectivity index (χ1) is 14.8. The van der Waals surface area contributed by atoms with Crippen LogP contribution in [0.1, 0.15) is 16.1 Å². The maximum absolute atomic E-state index is 12.9. The maximum atomic E-state index is 12.9. The molecule has 0 unspecified atom stereocenters. The summed E-state index contributed by atoms with van der Waals surface area (Å²) in [6.07, 6.45) is 2.49. The van der Waals surface area contributed by atoms with Gasteiger partial charge in [-0.1, -0.05) is 0 Å². The summed E-state index contributed by atoms with van der Waals surface area (Å²) in [5, 5.41) is 11.3. The van der Waals surface area contributed by atoms with Crippen LogP contribution in [0.3, 0.4) is 0 Å². The van der Waals surface area contributed by atoms with E-state index in [1.54, 1.807) is 18.0 Å². The van der Waals surface area contributed by atoms with E-state index < -0.39 is 0 Å². The molecule has 0 aromatic carbocycles. The fraction of sp³-hybridized carbons (Fsp3) is 0.316. The van der Waals surface area contributed by atoms with Crippen LogP contribution in [0.15, 0.2) is 16.9 Å². The Hall–Kier alpha value is -3.25. The topological polar surface area (TPSA) is 149 Å². The van der Waals surface area contributed by atoms with Crippen molar-refractivity contribution in [3.63, 3.8) is 0 Å². The van der Waals surface area contributed by atoms with Crippen molar-refractivity contribution in [3.05, 3.63) is 28.1 Å². The number of fused-ring (bicyclic) bond motifs is 1. The van der Waals surface area contributed by atoms with Gasteiger partial charge in [0, 0.05) is 31.9 Å². The largest absolute Gasteiger partial charge is 0.479 e. The number of carbonyl (C=O) groups excluding carboxylic acids is 1. The molecule has 0 bridgehead atoms. The van der Waals surface area contributed by atoms with Crippen LogP contribution in [-0.4, -0.2) is 83.2 Å². The van der Waals surface area contributed by atoms with E-state index in [0.717, 1.165) is 12.8 Å². The summed E-state index contributed by atoms with van der Waals surface area (Å²) in [6.45, 7) is 1.32. The van der Waals surface area contributed by atoms with Crippen molar-refractivity contribution in [2.45, 2.75) is 0 Å². The van der Waals surface area contributed by atoms with Crippen LogP contribution in [0, 0.1) is 5.41 Å². The van der Waals surface area contributed by atoms with E-state index in [1.165, 1.54) is 13.4 Å². The number of pyridine rings is 1. The SMILES string of the molecule is COc1nc(N)c(C=N)cc1Nc1ncnc2[nH]c(C(=O)N(C)CCN(C)C)c(Br)c12. The summed E-state index contributed by atoms with van der Waals surface area (Å²) in [5.74, 6) is 0.697. The molecule has 3 aromatic rings. The van der Waals surface area contributed by atoms with Crippen LogP contribution in [0.4, 0.5) is 17.3 Å². The Morgan fingerprint density at radius 3 is 2.74 bits per heavy atom. The molecule has 3 aromatic heterocycles. The van der Waals surface area contributed by atoms with Crippen molar-refractivity contribution in [1.82, 2.24) is 29.7 Å². The van der Waals surface area contributed by atoms with Crippen molar-refractivity contribution in [2.75, 3.05) is 52.4 Å². The third-order valence-electron chi connectivity index (χ3n) is 4.62. The lowest BCUT2D eigenvalue weighted by Gasteiger charge is -2.19. The Labute approximate surface area is 187 Å². The summed E-state index contributed by atoms with van der Waals surface area (Å²) < 4.78 is 5.85. The molecule has 0 aliphatic heterocycles. The highest BCUT2D eigenvalue weighted by Crippen LogP contribution is 2.35. The molecule has 0 spiro atoms. The number of carbonyl (C=O) groups is 1. The third kappa shape index (κ3) is 4.59. The predicted octanol–water partition coefficient (Wildman–Crippen LogP) is 2.08. The molecule has 5 N–H and O–H groups in total. The molecule has 0 fully saturated rings. The van der Waals surface area contributed by atoms with Crippen molar-refractivity contribution < 1.29 is 9.53 Å². The van der Waals surface area contributed by atoms with Gasteiger partial charge in [0.2, 0.25) is 5.88 Å². The summed E-state index contributed by atoms with van der Waals surface area (Å²) in [5.41, 5.74) is 7.61. The molecular weight excluding hydrogens is 466 g/mol. The van der Waals surface area contributed by atoms with Gasteiger partial charge < -0.3 is 36.0 Å². The standard InChI is InChI=1S/C19H24BrN9O2/c1-28(2)5-6-29(3)19(30)14-13(20)12-16(23-9-24-17(12)26-14)25-11-7-10(8-21)15(22)27-18(11)31-4/h7-9,21H,5-6H2,1-4H3,(H2,22,27)(H2,23,24,25,26). The number of nitrogens with zero attached hydrogens (tertiary/aromatic N) is 5. The number of nitrogens with two attached hydrogens (primary N) is 1. The number of likely N-dealkylation sites (N-methyl/N-ethyl adjacent to an activating group) is 2. The van der Waals surface area contributed by atoms with Crippen molar-refractivity contribution in [2.24, 2.45) is 0 Å².